The number of carbonyl (C=O) groups excluding carboxylic acids is 2. The smallest absolute Gasteiger partial charge is 0.313 e. The van der Waals surface area contributed by atoms with Crippen molar-refractivity contribution in [3.05, 3.63) is 11.6 Å². The predicted octanol–water partition coefficient (Wildman–Crippen LogP) is 7.62. The Morgan fingerprint density at radius 1 is 0.974 bits per heavy atom. The average molecular weight is 541 g/mol. The van der Waals surface area contributed by atoms with E-state index in [0.717, 1.165) is 19.3 Å². The molecule has 218 valence electrons. The van der Waals surface area contributed by atoms with Crippen molar-refractivity contribution in [2.45, 2.75) is 126 Å². The van der Waals surface area contributed by atoms with E-state index in [-0.39, 0.29) is 39.8 Å². The number of ether oxygens (including phenoxy) is 1. The van der Waals surface area contributed by atoms with E-state index in [1.165, 1.54) is 24.8 Å². The number of hydrogen-bond acceptors (Lipinski definition) is 4. The molecule has 39 heavy (non-hydrogen) atoms. The highest BCUT2D eigenvalue weighted by Crippen LogP contribution is 2.75. The minimum Gasteiger partial charge on any atom is -0.481 e. The number of rotatable bonds is 4. The van der Waals surface area contributed by atoms with E-state index < -0.39 is 22.9 Å². The molecule has 1 N–H and O–H groups in total. The third-order valence-corrected chi connectivity index (χ3v) is 13.9. The topological polar surface area (TPSA) is 80.7 Å². The predicted molar refractivity (Wildman–Crippen MR) is 152 cm³/mol. The van der Waals surface area contributed by atoms with E-state index in [2.05, 4.69) is 47.6 Å². The maximum atomic E-state index is 14.5. The van der Waals surface area contributed by atoms with Gasteiger partial charge in [-0.05, 0) is 116 Å². The van der Waals surface area contributed by atoms with Crippen LogP contribution in [0.2, 0.25) is 0 Å². The zero-order valence-electron chi connectivity index (χ0n) is 25.7. The lowest BCUT2D eigenvalue weighted by Gasteiger charge is -2.70. The first kappa shape index (κ1) is 28.9. The van der Waals surface area contributed by atoms with Crippen LogP contribution in [0, 0.1) is 56.7 Å². The third kappa shape index (κ3) is 3.72. The van der Waals surface area contributed by atoms with Crippen molar-refractivity contribution in [1.82, 2.24) is 0 Å². The number of esters is 1. The maximum Gasteiger partial charge on any atom is 0.313 e. The van der Waals surface area contributed by atoms with E-state index in [4.69, 9.17) is 4.74 Å². The van der Waals surface area contributed by atoms with E-state index in [0.29, 0.717) is 43.4 Å². The van der Waals surface area contributed by atoms with Crippen molar-refractivity contribution in [3.8, 4) is 0 Å². The Morgan fingerprint density at radius 3 is 2.31 bits per heavy atom. The van der Waals surface area contributed by atoms with Crippen LogP contribution in [0.5, 0.6) is 0 Å². The maximum absolute atomic E-state index is 14.5. The molecule has 5 aliphatic rings. The van der Waals surface area contributed by atoms with Gasteiger partial charge in [-0.25, -0.2) is 0 Å². The van der Waals surface area contributed by atoms with Gasteiger partial charge in [-0.1, -0.05) is 54.0 Å². The van der Waals surface area contributed by atoms with Crippen molar-refractivity contribution in [3.63, 3.8) is 0 Å². The molecule has 0 aromatic heterocycles. The van der Waals surface area contributed by atoms with Crippen molar-refractivity contribution in [2.24, 2.45) is 56.7 Å². The molecule has 0 radical (unpaired) electrons. The minimum absolute atomic E-state index is 0.0703. The SMILES string of the molecule is CCCC(=O)O[C@@H]1CC[C@@]2(C)C(CC[C@]3(C)C2C(=O)C=C2C4[C@@H](C)[C@H](C)CC[C@]4(C)CC[C@]23C)[C@@]1(C)C(=O)O. The number of allylic oxidation sites excluding steroid dienone is 2. The molecule has 5 nitrogen and oxygen atoms in total. The molecule has 0 aliphatic heterocycles. The Hall–Kier alpha value is -1.65. The first-order valence-electron chi connectivity index (χ1n) is 15.8. The standard InChI is InChI=1S/C34H52O5/c1-9-10-26(36)39-25-13-15-31(5)24(34(25,8)29(37)38)12-16-33(7)28(31)23(35)19-22-27-21(3)20(2)11-14-30(27,4)17-18-32(22,33)6/h19-21,24-25,27-28H,9-18H2,1-8H3,(H,37,38)/t20-,21+,24?,25-,27?,28?,30-,31+,32-,33-,34-/m1/s1. The lowest BCUT2D eigenvalue weighted by Crippen LogP contribution is -2.68. The summed E-state index contributed by atoms with van der Waals surface area (Å²) in [5.41, 5.74) is -0.289. The van der Waals surface area contributed by atoms with Gasteiger partial charge in [0.1, 0.15) is 11.5 Å². The fourth-order valence-electron chi connectivity index (χ4n) is 11.2. The highest BCUT2D eigenvalue weighted by molar-refractivity contribution is 5.96. The first-order valence-corrected chi connectivity index (χ1v) is 15.8. The zero-order valence-corrected chi connectivity index (χ0v) is 25.7. The molecule has 0 bridgehead atoms. The van der Waals surface area contributed by atoms with Crippen LogP contribution in [-0.4, -0.2) is 28.9 Å². The molecule has 5 aliphatic carbocycles. The molecule has 0 heterocycles. The Balaban J connectivity index is 1.58. The van der Waals surface area contributed by atoms with Crippen molar-refractivity contribution in [2.75, 3.05) is 0 Å². The summed E-state index contributed by atoms with van der Waals surface area (Å²) in [6.07, 6.45) is 9.98. The van der Waals surface area contributed by atoms with Gasteiger partial charge in [0.05, 0.1) is 0 Å². The second kappa shape index (κ2) is 9.18. The third-order valence-electron chi connectivity index (χ3n) is 13.9. The fraction of sp³-hybridized carbons (Fsp3) is 0.853. The molecule has 0 aromatic rings. The summed E-state index contributed by atoms with van der Waals surface area (Å²) >= 11 is 0. The molecule has 0 saturated heterocycles. The van der Waals surface area contributed by atoms with Gasteiger partial charge in [0, 0.05) is 12.3 Å². The normalized spacial score (nSPS) is 51.0. The molecule has 3 unspecified atom stereocenters. The summed E-state index contributed by atoms with van der Waals surface area (Å²) in [4.78, 5) is 40.0. The number of fused-ring (bicyclic) bond motifs is 7. The van der Waals surface area contributed by atoms with E-state index in [1.54, 1.807) is 6.92 Å². The lowest BCUT2D eigenvalue weighted by molar-refractivity contribution is -0.221. The number of ketones is 1. The van der Waals surface area contributed by atoms with Crippen LogP contribution in [0.4, 0.5) is 0 Å². The van der Waals surface area contributed by atoms with Crippen molar-refractivity contribution < 1.29 is 24.2 Å². The monoisotopic (exact) mass is 540 g/mol. The molecule has 11 atom stereocenters. The van der Waals surface area contributed by atoms with Gasteiger partial charge in [-0.3, -0.25) is 14.4 Å². The van der Waals surface area contributed by atoms with Gasteiger partial charge < -0.3 is 9.84 Å². The van der Waals surface area contributed by atoms with Crippen molar-refractivity contribution in [1.29, 1.82) is 0 Å². The number of hydrogen-bond donors (Lipinski definition) is 1. The molecule has 0 amide bonds. The number of carboxylic acids is 1. The van der Waals surface area contributed by atoms with Gasteiger partial charge in [0.25, 0.3) is 0 Å². The zero-order chi connectivity index (χ0) is 28.8. The Morgan fingerprint density at radius 2 is 1.67 bits per heavy atom. The molecular formula is C34H52O5. The number of carboxylic acid groups (broad SMARTS) is 1. The van der Waals surface area contributed by atoms with Crippen LogP contribution in [0.25, 0.3) is 0 Å². The first-order chi connectivity index (χ1) is 18.1. The Labute approximate surface area is 235 Å². The van der Waals surface area contributed by atoms with E-state index in [9.17, 15) is 19.5 Å². The van der Waals surface area contributed by atoms with Crippen LogP contribution >= 0.6 is 0 Å². The average Bonchev–Trinajstić information content (AvgIpc) is 2.85. The Kier molecular flexibility index (Phi) is 6.79. The highest BCUT2D eigenvalue weighted by atomic mass is 16.5. The summed E-state index contributed by atoms with van der Waals surface area (Å²) < 4.78 is 5.87. The lowest BCUT2D eigenvalue weighted by atomic mass is 9.33. The molecule has 5 heteroatoms. The van der Waals surface area contributed by atoms with Gasteiger partial charge >= 0.3 is 11.9 Å². The number of aliphatic carboxylic acids is 1. The molecule has 5 rings (SSSR count). The van der Waals surface area contributed by atoms with Gasteiger partial charge in [-0.15, -0.1) is 0 Å². The number of carbonyl (C=O) groups is 3. The van der Waals surface area contributed by atoms with Gasteiger partial charge in [-0.2, -0.15) is 0 Å². The van der Waals surface area contributed by atoms with Crippen LogP contribution in [0.1, 0.15) is 120 Å². The fourth-order valence-corrected chi connectivity index (χ4v) is 11.2. The second-order valence-corrected chi connectivity index (χ2v) is 15.6. The van der Waals surface area contributed by atoms with Crippen LogP contribution in [0.3, 0.4) is 0 Å². The van der Waals surface area contributed by atoms with Gasteiger partial charge in [0.2, 0.25) is 0 Å². The molecule has 4 fully saturated rings. The summed E-state index contributed by atoms with van der Waals surface area (Å²) in [5.74, 6) is 0.212. The Bertz CT molecular complexity index is 1090. The summed E-state index contributed by atoms with van der Waals surface area (Å²) in [5, 5.41) is 10.7. The van der Waals surface area contributed by atoms with Crippen LogP contribution in [0.15, 0.2) is 11.6 Å². The van der Waals surface area contributed by atoms with E-state index in [1.807, 2.05) is 6.92 Å². The van der Waals surface area contributed by atoms with E-state index >= 15 is 0 Å². The highest BCUT2D eigenvalue weighted by Gasteiger charge is 2.72. The molecular weight excluding hydrogens is 488 g/mol. The van der Waals surface area contributed by atoms with Crippen LogP contribution < -0.4 is 0 Å². The molecule has 0 aromatic carbocycles. The van der Waals surface area contributed by atoms with Crippen LogP contribution in [-0.2, 0) is 19.1 Å². The second-order valence-electron chi connectivity index (χ2n) is 15.6. The summed E-state index contributed by atoms with van der Waals surface area (Å²) in [7, 11) is 0. The quantitative estimate of drug-likeness (QED) is 0.371. The molecule has 0 spiro atoms. The summed E-state index contributed by atoms with van der Waals surface area (Å²) in [6, 6.07) is 0. The summed E-state index contributed by atoms with van der Waals surface area (Å²) in [6.45, 7) is 18.0. The minimum atomic E-state index is -1.21. The van der Waals surface area contributed by atoms with Crippen molar-refractivity contribution >= 4 is 17.7 Å². The van der Waals surface area contributed by atoms with Gasteiger partial charge in [0.15, 0.2) is 5.78 Å². The molecule has 4 saturated carbocycles. The largest absolute Gasteiger partial charge is 0.481 e.